The van der Waals surface area contributed by atoms with Gasteiger partial charge in [0.2, 0.25) is 0 Å². The maximum absolute atomic E-state index is 13.0. The van der Waals surface area contributed by atoms with Gasteiger partial charge in [0.05, 0.1) is 11.4 Å². The normalized spacial score (nSPS) is 11.8. The minimum absolute atomic E-state index is 0.0559. The number of rotatable bonds is 8. The first kappa shape index (κ1) is 22.0. The predicted octanol–water partition coefficient (Wildman–Crippen LogP) is 3.17. The van der Waals surface area contributed by atoms with Crippen LogP contribution in [-0.4, -0.2) is 49.9 Å². The molecular weight excluding hydrogens is 424 g/mol. The third-order valence-corrected chi connectivity index (χ3v) is 4.88. The molecule has 0 aliphatic rings. The lowest BCUT2D eigenvalue weighted by Crippen LogP contribution is -2.20. The number of imidazole rings is 1. The average molecular weight is 446 g/mol. The molecule has 1 aromatic carbocycles. The van der Waals surface area contributed by atoms with E-state index in [1.54, 1.807) is 49.5 Å². The Morgan fingerprint density at radius 1 is 1.21 bits per heavy atom. The minimum atomic E-state index is -0.974. The van der Waals surface area contributed by atoms with E-state index in [0.29, 0.717) is 34.3 Å². The van der Waals surface area contributed by atoms with E-state index in [0.717, 1.165) is 11.1 Å². The lowest BCUT2D eigenvalue weighted by Gasteiger charge is -2.11. The van der Waals surface area contributed by atoms with Gasteiger partial charge in [-0.3, -0.25) is 4.79 Å². The summed E-state index contributed by atoms with van der Waals surface area (Å²) in [7, 11) is 0. The number of hydrogen-bond acceptors (Lipinski definition) is 8. The third kappa shape index (κ3) is 5.01. The van der Waals surface area contributed by atoms with Crippen molar-refractivity contribution in [2.24, 2.45) is 5.18 Å². The Hall–Kier alpha value is -4.18. The van der Waals surface area contributed by atoms with Gasteiger partial charge in [-0.15, -0.1) is 0 Å². The molecule has 3 aromatic heterocycles. The Bertz CT molecular complexity index is 1320. The second-order valence-electron chi connectivity index (χ2n) is 7.51. The molecule has 4 aromatic rings. The number of anilines is 1. The molecule has 10 heteroatoms. The van der Waals surface area contributed by atoms with Gasteiger partial charge in [0.25, 0.3) is 5.91 Å². The summed E-state index contributed by atoms with van der Waals surface area (Å²) in [6.45, 7) is 3.38. The summed E-state index contributed by atoms with van der Waals surface area (Å²) in [6.07, 6.45) is 0.658. The maximum Gasteiger partial charge on any atom is 0.277 e. The fourth-order valence-electron chi connectivity index (χ4n) is 3.31. The molecule has 0 bridgehead atoms. The van der Waals surface area contributed by atoms with E-state index in [2.05, 4.69) is 25.6 Å². The van der Waals surface area contributed by atoms with Gasteiger partial charge in [-0.2, -0.15) is 10.0 Å². The van der Waals surface area contributed by atoms with Crippen molar-refractivity contribution in [3.8, 4) is 17.0 Å². The SMILES string of the molecule is Cc1ccnc(NC(=O)c2c(C)nc3ccc(-c4cccc(OCC(O)CN=O)c4)nn23)c1. The number of nitrogens with one attached hydrogen (secondary N) is 1. The molecule has 4 rings (SSSR count). The Kier molecular flexibility index (Phi) is 6.36. The number of nitrogens with zero attached hydrogens (tertiary/aromatic N) is 5. The van der Waals surface area contributed by atoms with E-state index in [9.17, 15) is 14.8 Å². The number of aryl methyl sites for hydroxylation is 2. The van der Waals surface area contributed by atoms with E-state index in [4.69, 9.17) is 4.74 Å². The molecular formula is C23H22N6O4. The predicted molar refractivity (Wildman–Crippen MR) is 122 cm³/mol. The summed E-state index contributed by atoms with van der Waals surface area (Å²) >= 11 is 0. The molecule has 1 unspecified atom stereocenters. The molecule has 0 fully saturated rings. The van der Waals surface area contributed by atoms with Crippen LogP contribution in [0, 0.1) is 18.8 Å². The molecule has 10 nitrogen and oxygen atoms in total. The number of aliphatic hydroxyl groups is 1. The summed E-state index contributed by atoms with van der Waals surface area (Å²) in [5, 5.41) is 19.7. The van der Waals surface area contributed by atoms with Gasteiger partial charge in [-0.1, -0.05) is 17.3 Å². The number of fused-ring (bicyclic) bond motifs is 1. The van der Waals surface area contributed by atoms with Crippen LogP contribution in [0.1, 0.15) is 21.7 Å². The molecule has 2 N–H and O–H groups in total. The monoisotopic (exact) mass is 446 g/mol. The molecule has 0 aliphatic heterocycles. The van der Waals surface area contributed by atoms with Crippen LogP contribution in [0.25, 0.3) is 16.9 Å². The fraction of sp³-hybridized carbons (Fsp3) is 0.217. The molecule has 0 spiro atoms. The highest BCUT2D eigenvalue weighted by molar-refractivity contribution is 6.03. The number of carbonyl (C=O) groups excluding carboxylic acids is 1. The molecule has 0 radical (unpaired) electrons. The van der Waals surface area contributed by atoms with Crippen molar-refractivity contribution in [1.82, 2.24) is 19.6 Å². The topological polar surface area (TPSA) is 131 Å². The van der Waals surface area contributed by atoms with Crippen molar-refractivity contribution < 1.29 is 14.6 Å². The van der Waals surface area contributed by atoms with Crippen molar-refractivity contribution in [2.75, 3.05) is 18.5 Å². The second-order valence-corrected chi connectivity index (χ2v) is 7.51. The Labute approximate surface area is 189 Å². The van der Waals surface area contributed by atoms with Gasteiger partial charge in [0.15, 0.2) is 11.3 Å². The first-order chi connectivity index (χ1) is 15.9. The van der Waals surface area contributed by atoms with Gasteiger partial charge >= 0.3 is 0 Å². The first-order valence-electron chi connectivity index (χ1n) is 10.3. The highest BCUT2D eigenvalue weighted by atomic mass is 16.5. The van der Waals surface area contributed by atoms with Crippen LogP contribution >= 0.6 is 0 Å². The van der Waals surface area contributed by atoms with Crippen LogP contribution in [0.2, 0.25) is 0 Å². The molecule has 0 saturated heterocycles. The molecule has 0 aliphatic carbocycles. The van der Waals surface area contributed by atoms with Crippen LogP contribution < -0.4 is 10.1 Å². The summed E-state index contributed by atoms with van der Waals surface area (Å²) in [5.41, 5.74) is 3.72. The van der Waals surface area contributed by atoms with Crippen LogP contribution in [0.3, 0.4) is 0 Å². The molecule has 168 valence electrons. The number of benzene rings is 1. The number of ether oxygens (including phenoxy) is 1. The number of aliphatic hydroxyl groups excluding tert-OH is 1. The van der Waals surface area contributed by atoms with Crippen molar-refractivity contribution >= 4 is 17.4 Å². The largest absolute Gasteiger partial charge is 0.491 e. The lowest BCUT2D eigenvalue weighted by molar-refractivity contribution is 0.101. The molecule has 1 atom stereocenters. The van der Waals surface area contributed by atoms with Gasteiger partial charge in [-0.05, 0) is 55.8 Å². The Morgan fingerprint density at radius 2 is 2.06 bits per heavy atom. The van der Waals surface area contributed by atoms with Crippen molar-refractivity contribution in [3.63, 3.8) is 0 Å². The van der Waals surface area contributed by atoms with Crippen molar-refractivity contribution in [2.45, 2.75) is 20.0 Å². The van der Waals surface area contributed by atoms with Gasteiger partial charge in [0.1, 0.15) is 30.8 Å². The first-order valence-corrected chi connectivity index (χ1v) is 10.3. The number of amides is 1. The van der Waals surface area contributed by atoms with Crippen molar-refractivity contribution in [3.05, 3.63) is 76.6 Å². The van der Waals surface area contributed by atoms with Gasteiger partial charge in [0, 0.05) is 11.8 Å². The molecule has 1 amide bonds. The van der Waals surface area contributed by atoms with Crippen LogP contribution in [0.5, 0.6) is 5.75 Å². The zero-order chi connectivity index (χ0) is 23.4. The van der Waals surface area contributed by atoms with Crippen molar-refractivity contribution in [1.29, 1.82) is 0 Å². The summed E-state index contributed by atoms with van der Waals surface area (Å²) in [6, 6.07) is 14.3. The Balaban J connectivity index is 1.62. The van der Waals surface area contributed by atoms with E-state index >= 15 is 0 Å². The number of carbonyl (C=O) groups is 1. The number of pyridine rings is 1. The molecule has 33 heavy (non-hydrogen) atoms. The van der Waals surface area contributed by atoms with Crippen LogP contribution in [0.15, 0.2) is 59.9 Å². The molecule has 3 heterocycles. The summed E-state index contributed by atoms with van der Waals surface area (Å²) < 4.78 is 7.05. The smallest absolute Gasteiger partial charge is 0.277 e. The average Bonchev–Trinajstić information content (AvgIpc) is 3.13. The molecule has 0 saturated carbocycles. The number of aromatic nitrogens is 4. The van der Waals surface area contributed by atoms with E-state index in [1.165, 1.54) is 4.52 Å². The Morgan fingerprint density at radius 3 is 2.85 bits per heavy atom. The minimum Gasteiger partial charge on any atom is -0.491 e. The quantitative estimate of drug-likeness (QED) is 0.397. The lowest BCUT2D eigenvalue weighted by atomic mass is 10.1. The highest BCUT2D eigenvalue weighted by Gasteiger charge is 2.19. The van der Waals surface area contributed by atoms with E-state index < -0.39 is 6.10 Å². The fourth-order valence-corrected chi connectivity index (χ4v) is 3.31. The number of nitroso groups, excluding NO2 is 1. The van der Waals surface area contributed by atoms with Crippen LogP contribution in [-0.2, 0) is 0 Å². The zero-order valence-corrected chi connectivity index (χ0v) is 18.1. The highest BCUT2D eigenvalue weighted by Crippen LogP contribution is 2.24. The number of hydrogen-bond donors (Lipinski definition) is 2. The van der Waals surface area contributed by atoms with Crippen LogP contribution in [0.4, 0.5) is 5.82 Å². The summed E-state index contributed by atoms with van der Waals surface area (Å²) in [4.78, 5) is 31.9. The second kappa shape index (κ2) is 9.53. The standard InChI is InChI=1S/C23H22N6O4/c1-14-8-9-24-20(10-14)27-23(31)22-15(2)26-21-7-6-19(28-29(21)22)16-4-3-5-18(11-16)33-13-17(30)12-25-32/h3-11,17,30H,12-13H2,1-2H3,(H,24,27,31). The summed E-state index contributed by atoms with van der Waals surface area (Å²) in [5.74, 6) is 0.588. The third-order valence-electron chi connectivity index (χ3n) is 4.88. The van der Waals surface area contributed by atoms with E-state index in [-0.39, 0.29) is 19.1 Å². The van der Waals surface area contributed by atoms with Gasteiger partial charge in [-0.25, -0.2) is 14.5 Å². The zero-order valence-electron chi connectivity index (χ0n) is 18.1. The van der Waals surface area contributed by atoms with E-state index in [1.807, 2.05) is 19.1 Å². The maximum atomic E-state index is 13.0. The van der Waals surface area contributed by atoms with Gasteiger partial charge < -0.3 is 15.2 Å².